The van der Waals surface area contributed by atoms with Crippen LogP contribution < -0.4 is 14.8 Å². The summed E-state index contributed by atoms with van der Waals surface area (Å²) in [5.41, 5.74) is 1.05. The Morgan fingerprint density at radius 1 is 1.12 bits per heavy atom. The van der Waals surface area contributed by atoms with Crippen molar-refractivity contribution in [3.05, 3.63) is 52.8 Å². The number of carbonyl (C=O) groups is 2. The molecule has 0 heterocycles. The number of alkyl carbamates (subject to hydrolysis) is 1. The monoisotopic (exact) mass is 588 g/mol. The van der Waals surface area contributed by atoms with Gasteiger partial charge in [0.25, 0.3) is 0 Å². The second-order valence-corrected chi connectivity index (χ2v) is 15.9. The summed E-state index contributed by atoms with van der Waals surface area (Å²) in [6.07, 6.45) is 0.149. The fraction of sp³-hybridized carbons (Fsp3) is 0.370. The van der Waals surface area contributed by atoms with Crippen LogP contribution in [0.1, 0.15) is 16.7 Å². The molecule has 2 aromatic carbocycles. The van der Waals surface area contributed by atoms with Crippen molar-refractivity contribution in [1.82, 2.24) is 5.32 Å². The standard InChI is InChI=1S/C27H33FN4O6SSi/c1-35-20-13-21(23(28)22(14-20)36-2)24(25(39-4)32-27(34)37-3)31-19-9-8-17(15-29)18(12-19)16-30-26(33)38-10-11-40(5,6)7/h8-9,12-14H,10-11,16H2,1-7H3,(H,30,33). The predicted molar refractivity (Wildman–Crippen MR) is 157 cm³/mol. The van der Waals surface area contributed by atoms with Crippen molar-refractivity contribution in [3.8, 4) is 17.6 Å². The van der Waals surface area contributed by atoms with Gasteiger partial charge in [0.15, 0.2) is 11.6 Å². The lowest BCUT2D eigenvalue weighted by molar-refractivity contribution is 0.151. The van der Waals surface area contributed by atoms with Crippen molar-refractivity contribution in [2.45, 2.75) is 32.2 Å². The lowest BCUT2D eigenvalue weighted by atomic mass is 10.1. The van der Waals surface area contributed by atoms with Crippen molar-refractivity contribution >= 4 is 48.5 Å². The third-order valence-electron chi connectivity index (χ3n) is 5.45. The topological polar surface area (TPSA) is 132 Å². The first-order chi connectivity index (χ1) is 19.0. The van der Waals surface area contributed by atoms with Gasteiger partial charge in [-0.3, -0.25) is 0 Å². The Morgan fingerprint density at radius 3 is 2.42 bits per heavy atom. The summed E-state index contributed by atoms with van der Waals surface area (Å²) in [5.74, 6) is -0.556. The SMILES string of the molecule is COC(=O)N=C(SC)C(=Nc1ccc(C#N)c(CNC(=O)OCC[Si](C)(C)C)c1)c1cc(OC)cc(OC)c1F. The van der Waals surface area contributed by atoms with E-state index in [2.05, 4.69) is 45.7 Å². The zero-order valence-corrected chi connectivity index (χ0v) is 25.4. The van der Waals surface area contributed by atoms with Crippen LogP contribution in [-0.4, -0.2) is 65.2 Å². The fourth-order valence-electron chi connectivity index (χ4n) is 3.26. The van der Waals surface area contributed by atoms with E-state index in [1.807, 2.05) is 0 Å². The molecule has 10 nitrogen and oxygen atoms in total. The Bertz CT molecular complexity index is 1340. The van der Waals surface area contributed by atoms with Gasteiger partial charge in [-0.15, -0.1) is 11.8 Å². The van der Waals surface area contributed by atoms with Gasteiger partial charge in [0.05, 0.1) is 45.3 Å². The average molecular weight is 589 g/mol. The second kappa shape index (κ2) is 15.0. The molecule has 0 aromatic heterocycles. The molecule has 0 saturated heterocycles. The van der Waals surface area contributed by atoms with Crippen molar-refractivity contribution in [1.29, 1.82) is 5.26 Å². The van der Waals surface area contributed by atoms with E-state index in [0.29, 0.717) is 23.4 Å². The Morgan fingerprint density at radius 2 is 1.85 bits per heavy atom. The maximum atomic E-state index is 15.5. The Labute approximate surface area is 238 Å². The molecule has 0 unspecified atom stereocenters. The molecule has 0 fully saturated rings. The second-order valence-electron chi connectivity index (χ2n) is 9.50. The number of nitrogens with one attached hydrogen (secondary N) is 1. The van der Waals surface area contributed by atoms with Gasteiger partial charge in [-0.2, -0.15) is 10.3 Å². The Kier molecular flexibility index (Phi) is 12.2. The smallest absolute Gasteiger partial charge is 0.434 e. The van der Waals surface area contributed by atoms with Gasteiger partial charge < -0.3 is 24.3 Å². The maximum absolute atomic E-state index is 15.5. The van der Waals surface area contributed by atoms with Crippen LogP contribution in [0.15, 0.2) is 40.3 Å². The number of carbonyl (C=O) groups excluding carboxylic acids is 2. The van der Waals surface area contributed by atoms with Gasteiger partial charge in [-0.05, 0) is 42.1 Å². The summed E-state index contributed by atoms with van der Waals surface area (Å²) in [6, 6.07) is 10.4. The number of aliphatic imine (C=N–C) groups is 2. The highest BCUT2D eigenvalue weighted by Crippen LogP contribution is 2.30. The van der Waals surface area contributed by atoms with Gasteiger partial charge in [-0.1, -0.05) is 19.6 Å². The van der Waals surface area contributed by atoms with Crippen molar-refractivity contribution in [2.75, 3.05) is 34.2 Å². The summed E-state index contributed by atoms with van der Waals surface area (Å²) in [5, 5.41) is 12.3. The highest BCUT2D eigenvalue weighted by Gasteiger charge is 2.22. The summed E-state index contributed by atoms with van der Waals surface area (Å²) >= 11 is 1.05. The summed E-state index contributed by atoms with van der Waals surface area (Å²) in [7, 11) is 2.54. The normalized spacial score (nSPS) is 11.9. The molecule has 40 heavy (non-hydrogen) atoms. The minimum absolute atomic E-state index is 0.000342. The van der Waals surface area contributed by atoms with Crippen LogP contribution in [-0.2, 0) is 16.0 Å². The van der Waals surface area contributed by atoms with Crippen LogP contribution in [0.3, 0.4) is 0 Å². The predicted octanol–water partition coefficient (Wildman–Crippen LogP) is 5.93. The van der Waals surface area contributed by atoms with E-state index < -0.39 is 26.1 Å². The molecule has 0 radical (unpaired) electrons. The summed E-state index contributed by atoms with van der Waals surface area (Å²) < 4.78 is 35.9. The minimum atomic E-state index is -1.36. The third-order valence-corrected chi connectivity index (χ3v) is 7.82. The molecular weight excluding hydrogens is 555 g/mol. The molecular formula is C27H33FN4O6SSi. The number of thioether (sulfide) groups is 1. The van der Waals surface area contributed by atoms with Crippen molar-refractivity contribution < 1.29 is 32.9 Å². The van der Waals surface area contributed by atoms with Gasteiger partial charge in [0, 0.05) is 26.2 Å². The Balaban J connectivity index is 2.56. The number of amides is 2. The van der Waals surface area contributed by atoms with E-state index in [0.717, 1.165) is 17.8 Å². The van der Waals surface area contributed by atoms with Crippen LogP contribution in [0, 0.1) is 17.1 Å². The largest absolute Gasteiger partial charge is 0.497 e. The molecule has 2 amide bonds. The number of methoxy groups -OCH3 is 3. The molecule has 0 bridgehead atoms. The van der Waals surface area contributed by atoms with Crippen LogP contribution in [0.2, 0.25) is 25.7 Å². The van der Waals surface area contributed by atoms with E-state index in [-0.39, 0.29) is 34.4 Å². The van der Waals surface area contributed by atoms with Crippen LogP contribution in [0.25, 0.3) is 0 Å². The lowest BCUT2D eigenvalue weighted by Gasteiger charge is -2.15. The number of nitriles is 1. The molecule has 0 atom stereocenters. The lowest BCUT2D eigenvalue weighted by Crippen LogP contribution is -2.27. The fourth-order valence-corrected chi connectivity index (χ4v) is 4.49. The molecule has 2 aromatic rings. The number of hydrogen-bond donors (Lipinski definition) is 1. The van der Waals surface area contributed by atoms with E-state index in [1.165, 1.54) is 39.5 Å². The summed E-state index contributed by atoms with van der Waals surface area (Å²) in [4.78, 5) is 32.7. The van der Waals surface area contributed by atoms with Gasteiger partial charge >= 0.3 is 12.2 Å². The van der Waals surface area contributed by atoms with E-state index in [1.54, 1.807) is 18.4 Å². The molecule has 0 spiro atoms. The quantitative estimate of drug-likeness (QED) is 0.205. The van der Waals surface area contributed by atoms with Crippen LogP contribution >= 0.6 is 11.8 Å². The first-order valence-electron chi connectivity index (χ1n) is 12.1. The van der Waals surface area contributed by atoms with Gasteiger partial charge in [0.2, 0.25) is 0 Å². The maximum Gasteiger partial charge on any atom is 0.434 e. The molecule has 0 aliphatic carbocycles. The first kappa shape index (κ1) is 32.3. The number of rotatable bonds is 10. The number of hydrogen-bond acceptors (Lipinski definition) is 9. The van der Waals surface area contributed by atoms with Crippen molar-refractivity contribution in [3.63, 3.8) is 0 Å². The zero-order valence-electron chi connectivity index (χ0n) is 23.6. The number of ether oxygens (including phenoxy) is 4. The van der Waals surface area contributed by atoms with E-state index in [4.69, 9.17) is 14.2 Å². The number of halogens is 1. The van der Waals surface area contributed by atoms with Gasteiger partial charge in [0.1, 0.15) is 16.5 Å². The molecule has 13 heteroatoms. The van der Waals surface area contributed by atoms with E-state index >= 15 is 4.39 Å². The first-order valence-corrected chi connectivity index (χ1v) is 17.0. The average Bonchev–Trinajstić information content (AvgIpc) is 2.93. The molecule has 0 aliphatic heterocycles. The van der Waals surface area contributed by atoms with Crippen molar-refractivity contribution in [2.24, 2.45) is 9.98 Å². The summed E-state index contributed by atoms with van der Waals surface area (Å²) in [6.45, 7) is 6.85. The third kappa shape index (κ3) is 9.39. The molecule has 2 rings (SSSR count). The number of benzene rings is 2. The molecule has 214 valence electrons. The zero-order chi connectivity index (χ0) is 29.9. The van der Waals surface area contributed by atoms with E-state index in [9.17, 15) is 14.9 Å². The van der Waals surface area contributed by atoms with Crippen LogP contribution in [0.4, 0.5) is 19.7 Å². The molecule has 1 N–H and O–H groups in total. The highest BCUT2D eigenvalue weighted by atomic mass is 32.2. The molecule has 0 aliphatic rings. The number of nitrogens with zero attached hydrogens (tertiary/aromatic N) is 3. The molecule has 0 saturated carbocycles. The highest BCUT2D eigenvalue weighted by molar-refractivity contribution is 8.15. The minimum Gasteiger partial charge on any atom is -0.497 e. The van der Waals surface area contributed by atoms with Crippen LogP contribution in [0.5, 0.6) is 11.5 Å². The van der Waals surface area contributed by atoms with Gasteiger partial charge in [-0.25, -0.2) is 19.0 Å². The Hall–Kier alpha value is -3.89.